The summed E-state index contributed by atoms with van der Waals surface area (Å²) in [6, 6.07) is 29.6. The molecule has 0 aliphatic rings. The van der Waals surface area contributed by atoms with Crippen molar-refractivity contribution in [2.24, 2.45) is 0 Å². The molecular weight excluding hydrogens is 388 g/mol. The van der Waals surface area contributed by atoms with Gasteiger partial charge in [-0.1, -0.05) is 84.9 Å². The fourth-order valence-corrected chi connectivity index (χ4v) is 3.88. The number of fused-ring (bicyclic) bond motifs is 1. The zero-order chi connectivity index (χ0) is 21.8. The lowest BCUT2D eigenvalue weighted by Gasteiger charge is -2.30. The number of para-hydroxylation sites is 1. The lowest BCUT2D eigenvalue weighted by molar-refractivity contribution is -0.385. The van der Waals surface area contributed by atoms with E-state index < -0.39 is 4.92 Å². The number of amides is 1. The van der Waals surface area contributed by atoms with E-state index in [0.717, 1.165) is 21.9 Å². The average molecular weight is 410 g/mol. The Hall–Kier alpha value is -3.99. The van der Waals surface area contributed by atoms with Crippen LogP contribution in [0.4, 0.5) is 5.69 Å². The van der Waals surface area contributed by atoms with E-state index in [2.05, 4.69) is 0 Å². The minimum atomic E-state index is -0.503. The molecule has 0 bridgehead atoms. The van der Waals surface area contributed by atoms with Crippen molar-refractivity contribution in [2.45, 2.75) is 19.5 Å². The molecule has 5 heteroatoms. The van der Waals surface area contributed by atoms with Crippen molar-refractivity contribution in [3.05, 3.63) is 124 Å². The maximum atomic E-state index is 13.6. The minimum absolute atomic E-state index is 0.0931. The third-order valence-corrected chi connectivity index (χ3v) is 5.56. The van der Waals surface area contributed by atoms with E-state index in [1.54, 1.807) is 17.0 Å². The Labute approximate surface area is 180 Å². The molecule has 154 valence electrons. The molecule has 31 heavy (non-hydrogen) atoms. The lowest BCUT2D eigenvalue weighted by atomic mass is 10.0. The molecule has 5 nitrogen and oxygen atoms in total. The van der Waals surface area contributed by atoms with E-state index in [1.165, 1.54) is 12.1 Å². The molecule has 0 aromatic heterocycles. The van der Waals surface area contributed by atoms with E-state index in [-0.39, 0.29) is 23.2 Å². The van der Waals surface area contributed by atoms with E-state index in [1.807, 2.05) is 79.7 Å². The van der Waals surface area contributed by atoms with Gasteiger partial charge in [0.05, 0.1) is 11.0 Å². The standard InChI is InChI=1S/C26H22N2O3/c1-19(20-10-3-2-4-11-20)27(26(29)24-16-7-8-17-25(24)28(30)31)18-22-14-9-13-21-12-5-6-15-23(21)22/h2-17,19H,18H2,1H3/t19-/m0/s1. The second-order valence-corrected chi connectivity index (χ2v) is 7.43. The highest BCUT2D eigenvalue weighted by atomic mass is 16.6. The van der Waals surface area contributed by atoms with Gasteiger partial charge in [0.1, 0.15) is 5.56 Å². The second kappa shape index (κ2) is 8.79. The van der Waals surface area contributed by atoms with Gasteiger partial charge in [0.15, 0.2) is 0 Å². The first-order valence-electron chi connectivity index (χ1n) is 10.1. The third kappa shape index (κ3) is 4.16. The molecule has 4 aromatic carbocycles. The quantitative estimate of drug-likeness (QED) is 0.283. The molecule has 0 heterocycles. The molecule has 0 saturated carbocycles. The van der Waals surface area contributed by atoms with Crippen molar-refractivity contribution in [3.63, 3.8) is 0 Å². The molecular formula is C26H22N2O3. The number of rotatable bonds is 6. The van der Waals surface area contributed by atoms with Crippen molar-refractivity contribution in [1.82, 2.24) is 4.90 Å². The van der Waals surface area contributed by atoms with Crippen LogP contribution in [0.3, 0.4) is 0 Å². The van der Waals surface area contributed by atoms with Crippen LogP contribution in [0.2, 0.25) is 0 Å². The normalized spacial score (nSPS) is 11.8. The molecule has 4 aromatic rings. The van der Waals surface area contributed by atoms with Crippen molar-refractivity contribution in [3.8, 4) is 0 Å². The number of nitro benzene ring substituents is 1. The van der Waals surface area contributed by atoms with Gasteiger partial charge in [-0.25, -0.2) is 0 Å². The maximum absolute atomic E-state index is 13.6. The number of benzene rings is 4. The molecule has 0 saturated heterocycles. The van der Waals surface area contributed by atoms with E-state index >= 15 is 0 Å². The highest BCUT2D eigenvalue weighted by Gasteiger charge is 2.28. The number of carbonyl (C=O) groups excluding carboxylic acids is 1. The number of carbonyl (C=O) groups is 1. The number of nitrogens with zero attached hydrogens (tertiary/aromatic N) is 2. The summed E-state index contributed by atoms with van der Waals surface area (Å²) in [7, 11) is 0. The van der Waals surface area contributed by atoms with Crippen LogP contribution in [0.25, 0.3) is 10.8 Å². The van der Waals surface area contributed by atoms with Crippen LogP contribution in [0.1, 0.15) is 34.5 Å². The summed E-state index contributed by atoms with van der Waals surface area (Å²) in [4.78, 5) is 26.4. The fourth-order valence-electron chi connectivity index (χ4n) is 3.88. The van der Waals surface area contributed by atoms with E-state index in [4.69, 9.17) is 0 Å². The van der Waals surface area contributed by atoms with Gasteiger partial charge < -0.3 is 4.90 Å². The zero-order valence-electron chi connectivity index (χ0n) is 17.1. The Balaban J connectivity index is 1.80. The third-order valence-electron chi connectivity index (χ3n) is 5.56. The van der Waals surface area contributed by atoms with Crippen LogP contribution in [0, 0.1) is 10.1 Å². The SMILES string of the molecule is C[C@@H](c1ccccc1)N(Cc1cccc2ccccc12)C(=O)c1ccccc1[N+](=O)[O-]. The van der Waals surface area contributed by atoms with Crippen molar-refractivity contribution >= 4 is 22.4 Å². The summed E-state index contributed by atoms with van der Waals surface area (Å²) in [5, 5.41) is 13.7. The fraction of sp³-hybridized carbons (Fsp3) is 0.115. The Morgan fingerprint density at radius 1 is 0.871 bits per heavy atom. The van der Waals surface area contributed by atoms with Gasteiger partial charge in [-0.15, -0.1) is 0 Å². The minimum Gasteiger partial charge on any atom is -0.327 e. The predicted octanol–water partition coefficient (Wildman–Crippen LogP) is 6.15. The molecule has 0 aliphatic heterocycles. The molecule has 0 radical (unpaired) electrons. The van der Waals surface area contributed by atoms with Crippen LogP contribution in [0.15, 0.2) is 97.1 Å². The first kappa shape index (κ1) is 20.3. The Morgan fingerprint density at radius 2 is 1.52 bits per heavy atom. The average Bonchev–Trinajstić information content (AvgIpc) is 2.82. The lowest BCUT2D eigenvalue weighted by Crippen LogP contribution is -2.33. The zero-order valence-corrected chi connectivity index (χ0v) is 17.1. The van der Waals surface area contributed by atoms with Crippen LogP contribution in [0.5, 0.6) is 0 Å². The van der Waals surface area contributed by atoms with E-state index in [0.29, 0.717) is 6.54 Å². The summed E-state index contributed by atoms with van der Waals surface area (Å²) in [5.41, 5.74) is 1.87. The van der Waals surface area contributed by atoms with Gasteiger partial charge in [0, 0.05) is 12.6 Å². The molecule has 0 unspecified atom stereocenters. The summed E-state index contributed by atoms with van der Waals surface area (Å²) in [5.74, 6) is -0.364. The van der Waals surface area contributed by atoms with Gasteiger partial charge in [-0.2, -0.15) is 0 Å². The molecule has 4 rings (SSSR count). The van der Waals surface area contributed by atoms with Crippen LogP contribution in [-0.2, 0) is 6.54 Å². The summed E-state index contributed by atoms with van der Waals surface area (Å²) >= 11 is 0. The molecule has 1 atom stereocenters. The molecule has 1 amide bonds. The van der Waals surface area contributed by atoms with Gasteiger partial charge in [-0.05, 0) is 34.9 Å². The smallest absolute Gasteiger partial charge is 0.282 e. The summed E-state index contributed by atoms with van der Waals surface area (Å²) in [6.45, 7) is 2.29. The molecule has 0 N–H and O–H groups in total. The maximum Gasteiger partial charge on any atom is 0.282 e. The van der Waals surface area contributed by atoms with E-state index in [9.17, 15) is 14.9 Å². The van der Waals surface area contributed by atoms with Gasteiger partial charge >= 0.3 is 0 Å². The van der Waals surface area contributed by atoms with Gasteiger partial charge in [0.2, 0.25) is 0 Å². The van der Waals surface area contributed by atoms with Gasteiger partial charge in [0.25, 0.3) is 11.6 Å². The van der Waals surface area contributed by atoms with Crippen LogP contribution in [-0.4, -0.2) is 15.7 Å². The molecule has 0 fully saturated rings. The first-order chi connectivity index (χ1) is 15.1. The van der Waals surface area contributed by atoms with Crippen LogP contribution >= 0.6 is 0 Å². The van der Waals surface area contributed by atoms with Crippen LogP contribution < -0.4 is 0 Å². The number of hydrogen-bond acceptors (Lipinski definition) is 3. The first-order valence-corrected chi connectivity index (χ1v) is 10.1. The Morgan fingerprint density at radius 3 is 2.29 bits per heavy atom. The molecule has 0 aliphatic carbocycles. The van der Waals surface area contributed by atoms with Crippen molar-refractivity contribution in [1.29, 1.82) is 0 Å². The summed E-state index contributed by atoms with van der Waals surface area (Å²) < 4.78 is 0. The highest BCUT2D eigenvalue weighted by molar-refractivity contribution is 5.98. The predicted molar refractivity (Wildman–Crippen MR) is 122 cm³/mol. The van der Waals surface area contributed by atoms with Crippen molar-refractivity contribution in [2.75, 3.05) is 0 Å². The monoisotopic (exact) mass is 410 g/mol. The Bertz CT molecular complexity index is 1230. The summed E-state index contributed by atoms with van der Waals surface area (Å²) in [6.07, 6.45) is 0. The van der Waals surface area contributed by atoms with Crippen molar-refractivity contribution < 1.29 is 9.72 Å². The largest absolute Gasteiger partial charge is 0.327 e. The molecule has 0 spiro atoms. The number of hydrogen-bond donors (Lipinski definition) is 0. The highest BCUT2D eigenvalue weighted by Crippen LogP contribution is 2.29. The second-order valence-electron chi connectivity index (χ2n) is 7.43. The topological polar surface area (TPSA) is 63.5 Å². The number of nitro groups is 1. The van der Waals surface area contributed by atoms with Gasteiger partial charge in [-0.3, -0.25) is 14.9 Å². The Kier molecular flexibility index (Phi) is 5.76.